The molecular weight excluding hydrogens is 370 g/mol. The lowest BCUT2D eigenvalue weighted by Crippen LogP contribution is -2.47. The molecule has 0 saturated carbocycles. The molecule has 2 saturated heterocycles. The van der Waals surface area contributed by atoms with Gasteiger partial charge in [-0.3, -0.25) is 9.69 Å². The van der Waals surface area contributed by atoms with Crippen LogP contribution < -0.4 is 11.1 Å². The molecule has 2 aliphatic rings. The van der Waals surface area contributed by atoms with Crippen molar-refractivity contribution in [2.24, 2.45) is 5.73 Å². The van der Waals surface area contributed by atoms with Gasteiger partial charge in [0.15, 0.2) is 0 Å². The summed E-state index contributed by atoms with van der Waals surface area (Å²) in [6.45, 7) is 3.57. The number of nitrogens with one attached hydrogen (secondary N) is 1. The van der Waals surface area contributed by atoms with Crippen LogP contribution in [0.3, 0.4) is 0 Å². The maximum absolute atomic E-state index is 11.9. The summed E-state index contributed by atoms with van der Waals surface area (Å²) in [5, 5.41) is 2.85. The van der Waals surface area contributed by atoms with Crippen molar-refractivity contribution in [3.63, 3.8) is 0 Å². The molecule has 0 aromatic heterocycles. The third-order valence-electron chi connectivity index (χ3n) is 6.43. The first-order valence-corrected chi connectivity index (χ1v) is 11.3. The van der Waals surface area contributed by atoms with Gasteiger partial charge in [0.1, 0.15) is 0 Å². The fourth-order valence-corrected chi connectivity index (χ4v) is 5.04. The quantitative estimate of drug-likeness (QED) is 0.734. The van der Waals surface area contributed by atoms with Gasteiger partial charge >= 0.3 is 0 Å². The van der Waals surface area contributed by atoms with Crippen LogP contribution >= 0.6 is 0 Å². The largest absolute Gasteiger partial charge is 0.352 e. The van der Waals surface area contributed by atoms with E-state index in [0.717, 1.165) is 31.4 Å². The fraction of sp³-hybridized carbons (Fsp3) is 0.423. The number of piperidine rings is 1. The van der Waals surface area contributed by atoms with Gasteiger partial charge in [-0.1, -0.05) is 54.1 Å². The van der Waals surface area contributed by atoms with E-state index in [1.165, 1.54) is 29.5 Å². The second kappa shape index (κ2) is 9.59. The van der Waals surface area contributed by atoms with E-state index < -0.39 is 0 Å². The number of hydrogen-bond donors (Lipinski definition) is 2. The highest BCUT2D eigenvalue weighted by atomic mass is 16.1. The van der Waals surface area contributed by atoms with Crippen LogP contribution in [0.2, 0.25) is 0 Å². The summed E-state index contributed by atoms with van der Waals surface area (Å²) in [5.74, 6) is -0.00472. The molecule has 2 aliphatic heterocycles. The fourth-order valence-electron chi connectivity index (χ4n) is 5.04. The zero-order valence-corrected chi connectivity index (χ0v) is 17.9. The molecule has 3 N–H and O–H groups in total. The molecule has 0 spiro atoms. The second-order valence-electron chi connectivity index (χ2n) is 8.72. The van der Waals surface area contributed by atoms with Crippen molar-refractivity contribution >= 4 is 12.0 Å². The highest BCUT2D eigenvalue weighted by Gasteiger charge is 2.38. The van der Waals surface area contributed by atoms with Crippen molar-refractivity contribution in [2.75, 3.05) is 13.1 Å². The normalized spacial score (nSPS) is 22.0. The lowest BCUT2D eigenvalue weighted by molar-refractivity contribution is 0.0956. The number of nitrogens with two attached hydrogens (primary N) is 1. The molecule has 3 unspecified atom stereocenters. The van der Waals surface area contributed by atoms with Crippen LogP contribution in [0.15, 0.2) is 60.2 Å². The van der Waals surface area contributed by atoms with Gasteiger partial charge in [0.25, 0.3) is 5.91 Å². The predicted octanol–water partition coefficient (Wildman–Crippen LogP) is 4.02. The molecule has 0 aliphatic carbocycles. The van der Waals surface area contributed by atoms with E-state index in [1.54, 1.807) is 0 Å². The van der Waals surface area contributed by atoms with Gasteiger partial charge in [-0.2, -0.15) is 0 Å². The summed E-state index contributed by atoms with van der Waals surface area (Å²) in [7, 11) is 0. The molecule has 4 nitrogen and oxygen atoms in total. The first-order valence-electron chi connectivity index (χ1n) is 11.3. The average molecular weight is 404 g/mol. The number of carbonyl (C=O) groups is 1. The number of fused-ring (bicyclic) bond motifs is 2. The van der Waals surface area contributed by atoms with Gasteiger partial charge < -0.3 is 11.1 Å². The topological polar surface area (TPSA) is 58.4 Å². The van der Waals surface area contributed by atoms with Crippen LogP contribution in [0.4, 0.5) is 0 Å². The van der Waals surface area contributed by atoms with E-state index in [0.29, 0.717) is 18.6 Å². The number of rotatable bonds is 7. The lowest BCUT2D eigenvalue weighted by Gasteiger charge is -2.37. The number of benzene rings is 2. The van der Waals surface area contributed by atoms with Crippen LogP contribution in [0.25, 0.3) is 6.08 Å². The smallest absolute Gasteiger partial charge is 0.251 e. The zero-order valence-electron chi connectivity index (χ0n) is 17.9. The SMILES string of the molecule is CCNC(=O)c1ccc(C=C2CC3CCC(C2)N3CC(N)Cc2ccccc2)cc1. The molecule has 0 radical (unpaired) electrons. The Balaban J connectivity index is 1.36. The minimum Gasteiger partial charge on any atom is -0.352 e. The highest BCUT2D eigenvalue weighted by molar-refractivity contribution is 5.94. The van der Waals surface area contributed by atoms with Gasteiger partial charge in [0, 0.05) is 36.8 Å². The molecule has 4 rings (SSSR count). The molecule has 2 aromatic carbocycles. The standard InChI is InChI=1S/C26H33N3O/c1-2-28-26(30)22-10-8-20(9-11-22)14-21-16-24-12-13-25(17-21)29(24)18-23(27)15-19-6-4-3-5-7-19/h3-11,14,23-25H,2,12-13,15-18,27H2,1H3,(H,28,30). The summed E-state index contributed by atoms with van der Waals surface area (Å²) in [6.07, 6.45) is 8.08. The third kappa shape index (κ3) is 5.00. The van der Waals surface area contributed by atoms with Gasteiger partial charge in [-0.15, -0.1) is 0 Å². The molecule has 3 atom stereocenters. The summed E-state index contributed by atoms with van der Waals surface area (Å²) in [4.78, 5) is 14.6. The summed E-state index contributed by atoms with van der Waals surface area (Å²) in [5.41, 5.74) is 11.3. The molecule has 158 valence electrons. The monoisotopic (exact) mass is 403 g/mol. The van der Waals surface area contributed by atoms with Crippen LogP contribution in [-0.2, 0) is 6.42 Å². The Morgan fingerprint density at radius 3 is 2.40 bits per heavy atom. The summed E-state index contributed by atoms with van der Waals surface area (Å²) in [6, 6.07) is 19.9. The van der Waals surface area contributed by atoms with Crippen LogP contribution in [0.5, 0.6) is 0 Å². The molecule has 2 bridgehead atoms. The Bertz CT molecular complexity index is 859. The highest BCUT2D eigenvalue weighted by Crippen LogP contribution is 2.39. The van der Waals surface area contributed by atoms with Crippen molar-refractivity contribution in [1.82, 2.24) is 10.2 Å². The second-order valence-corrected chi connectivity index (χ2v) is 8.72. The summed E-state index contributed by atoms with van der Waals surface area (Å²) >= 11 is 0. The van der Waals surface area contributed by atoms with E-state index in [9.17, 15) is 4.79 Å². The number of amides is 1. The maximum Gasteiger partial charge on any atom is 0.251 e. The van der Waals surface area contributed by atoms with Crippen LogP contribution in [-0.4, -0.2) is 42.0 Å². The van der Waals surface area contributed by atoms with Gasteiger partial charge in [-0.25, -0.2) is 0 Å². The molecule has 4 heteroatoms. The van der Waals surface area contributed by atoms with Crippen LogP contribution in [0, 0.1) is 0 Å². The minimum atomic E-state index is -0.00472. The summed E-state index contributed by atoms with van der Waals surface area (Å²) < 4.78 is 0. The van der Waals surface area contributed by atoms with E-state index in [2.05, 4.69) is 58.8 Å². The predicted molar refractivity (Wildman–Crippen MR) is 123 cm³/mol. The Hall–Kier alpha value is -2.43. The molecule has 2 fully saturated rings. The van der Waals surface area contributed by atoms with Crippen molar-refractivity contribution in [3.8, 4) is 0 Å². The first kappa shape index (κ1) is 20.8. The number of hydrogen-bond acceptors (Lipinski definition) is 3. The third-order valence-corrected chi connectivity index (χ3v) is 6.43. The van der Waals surface area contributed by atoms with Crippen molar-refractivity contribution in [1.29, 1.82) is 0 Å². The van der Waals surface area contributed by atoms with E-state index >= 15 is 0 Å². The molecule has 2 heterocycles. The van der Waals surface area contributed by atoms with Gasteiger partial charge in [0.2, 0.25) is 0 Å². The van der Waals surface area contributed by atoms with E-state index in [-0.39, 0.29) is 11.9 Å². The molecule has 2 aromatic rings. The van der Waals surface area contributed by atoms with Crippen molar-refractivity contribution < 1.29 is 4.79 Å². The Labute approximate surface area is 180 Å². The number of nitrogens with zero attached hydrogens (tertiary/aromatic N) is 1. The van der Waals surface area contributed by atoms with Crippen molar-refractivity contribution in [3.05, 3.63) is 76.9 Å². The van der Waals surface area contributed by atoms with Crippen molar-refractivity contribution in [2.45, 2.75) is 57.2 Å². The van der Waals surface area contributed by atoms with Gasteiger partial charge in [0.05, 0.1) is 0 Å². The lowest BCUT2D eigenvalue weighted by atomic mass is 9.93. The van der Waals surface area contributed by atoms with E-state index in [4.69, 9.17) is 5.73 Å². The molecular formula is C26H33N3O. The molecule has 30 heavy (non-hydrogen) atoms. The van der Waals surface area contributed by atoms with E-state index in [1.807, 2.05) is 19.1 Å². The van der Waals surface area contributed by atoms with Gasteiger partial charge in [-0.05, 0) is 62.3 Å². The Kier molecular flexibility index (Phi) is 6.66. The average Bonchev–Trinajstić information content (AvgIpc) is 2.97. The number of carbonyl (C=O) groups excluding carboxylic acids is 1. The molecule has 1 amide bonds. The zero-order chi connectivity index (χ0) is 20.9. The minimum absolute atomic E-state index is 0.00472. The Morgan fingerprint density at radius 1 is 1.10 bits per heavy atom. The maximum atomic E-state index is 11.9. The van der Waals surface area contributed by atoms with Crippen LogP contribution in [0.1, 0.15) is 54.1 Å². The first-order chi connectivity index (χ1) is 14.6. The Morgan fingerprint density at radius 2 is 1.77 bits per heavy atom.